The van der Waals surface area contributed by atoms with Crippen LogP contribution in [0.4, 0.5) is 4.39 Å². The second-order valence-corrected chi connectivity index (χ2v) is 5.75. The number of benzene rings is 1. The summed E-state index contributed by atoms with van der Waals surface area (Å²) in [6.07, 6.45) is 0.983. The van der Waals surface area contributed by atoms with E-state index < -0.39 is 21.8 Å². The van der Waals surface area contributed by atoms with Gasteiger partial charge in [-0.25, -0.2) is 12.8 Å². The van der Waals surface area contributed by atoms with Crippen molar-refractivity contribution in [3.8, 4) is 0 Å². The van der Waals surface area contributed by atoms with Crippen molar-refractivity contribution in [1.29, 1.82) is 0 Å². The van der Waals surface area contributed by atoms with Crippen molar-refractivity contribution in [3.63, 3.8) is 0 Å². The maximum atomic E-state index is 13.3. The van der Waals surface area contributed by atoms with E-state index in [0.717, 1.165) is 12.3 Å². The molecule has 82 valence electrons. The van der Waals surface area contributed by atoms with Crippen LogP contribution < -0.4 is 0 Å². The number of fused-ring (bicyclic) bond motifs is 1. The molecule has 0 fully saturated rings. The summed E-state index contributed by atoms with van der Waals surface area (Å²) in [4.78, 5) is 0.0453. The van der Waals surface area contributed by atoms with Crippen molar-refractivity contribution in [2.24, 2.45) is 0 Å². The fourth-order valence-electron chi connectivity index (χ4n) is 1.98. The van der Waals surface area contributed by atoms with Crippen LogP contribution in [-0.2, 0) is 16.3 Å². The normalized spacial score (nSPS) is 20.3. The third-order valence-corrected chi connectivity index (χ3v) is 3.82. The highest BCUT2D eigenvalue weighted by atomic mass is 32.2. The lowest BCUT2D eigenvalue weighted by Crippen LogP contribution is -2.05. The second kappa shape index (κ2) is 3.28. The van der Waals surface area contributed by atoms with E-state index in [9.17, 15) is 17.9 Å². The van der Waals surface area contributed by atoms with E-state index in [1.165, 1.54) is 6.07 Å². The minimum absolute atomic E-state index is 0.0453. The quantitative estimate of drug-likeness (QED) is 0.738. The zero-order valence-electron chi connectivity index (χ0n) is 8.20. The van der Waals surface area contributed by atoms with Crippen molar-refractivity contribution >= 4 is 9.84 Å². The molecule has 0 heterocycles. The minimum atomic E-state index is -3.40. The molecule has 1 unspecified atom stereocenters. The first-order valence-corrected chi connectivity index (χ1v) is 6.50. The monoisotopic (exact) mass is 230 g/mol. The van der Waals surface area contributed by atoms with Crippen LogP contribution >= 0.6 is 0 Å². The zero-order valence-corrected chi connectivity index (χ0v) is 9.01. The Kier molecular flexibility index (Phi) is 2.31. The van der Waals surface area contributed by atoms with Gasteiger partial charge in [0.05, 0.1) is 11.0 Å². The van der Waals surface area contributed by atoms with Crippen LogP contribution in [0, 0.1) is 5.82 Å². The lowest BCUT2D eigenvalue weighted by atomic mass is 10.1. The van der Waals surface area contributed by atoms with Gasteiger partial charge in [0, 0.05) is 11.8 Å². The van der Waals surface area contributed by atoms with Gasteiger partial charge in [-0.2, -0.15) is 0 Å². The second-order valence-electron chi connectivity index (χ2n) is 3.76. The van der Waals surface area contributed by atoms with Gasteiger partial charge in [-0.3, -0.25) is 0 Å². The van der Waals surface area contributed by atoms with Gasteiger partial charge < -0.3 is 5.11 Å². The van der Waals surface area contributed by atoms with Gasteiger partial charge in [-0.1, -0.05) is 0 Å². The summed E-state index contributed by atoms with van der Waals surface area (Å²) in [5, 5.41) is 9.62. The van der Waals surface area contributed by atoms with E-state index in [1.54, 1.807) is 0 Å². The molecule has 1 aliphatic carbocycles. The third kappa shape index (κ3) is 1.66. The summed E-state index contributed by atoms with van der Waals surface area (Å²) >= 11 is 0. The molecule has 0 radical (unpaired) electrons. The molecule has 0 spiro atoms. The highest BCUT2D eigenvalue weighted by molar-refractivity contribution is 7.90. The Bertz CT molecular complexity index is 508. The topological polar surface area (TPSA) is 54.4 Å². The van der Waals surface area contributed by atoms with E-state index in [2.05, 4.69) is 0 Å². The van der Waals surface area contributed by atoms with Crippen molar-refractivity contribution in [2.75, 3.05) is 6.26 Å². The van der Waals surface area contributed by atoms with Crippen LogP contribution in [0.2, 0.25) is 0 Å². The van der Waals surface area contributed by atoms with E-state index >= 15 is 0 Å². The fourth-order valence-corrected chi connectivity index (χ4v) is 2.96. The molecule has 0 saturated carbocycles. The molecular formula is C10H11FO3S. The van der Waals surface area contributed by atoms with E-state index in [4.69, 9.17) is 0 Å². The average Bonchev–Trinajstić information content (AvgIpc) is 2.48. The number of hydrogen-bond donors (Lipinski definition) is 1. The average molecular weight is 230 g/mol. The summed E-state index contributed by atoms with van der Waals surface area (Å²) in [7, 11) is -3.40. The van der Waals surface area contributed by atoms with Crippen LogP contribution in [0.1, 0.15) is 23.7 Å². The van der Waals surface area contributed by atoms with Crippen LogP contribution in [0.5, 0.6) is 0 Å². The molecule has 0 bridgehead atoms. The molecule has 3 nitrogen and oxygen atoms in total. The Morgan fingerprint density at radius 3 is 2.73 bits per heavy atom. The van der Waals surface area contributed by atoms with E-state index in [1.807, 2.05) is 0 Å². The summed E-state index contributed by atoms with van der Waals surface area (Å²) in [6, 6.07) is 2.37. The summed E-state index contributed by atoms with van der Waals surface area (Å²) in [5.41, 5.74) is 0.586. The highest BCUT2D eigenvalue weighted by Gasteiger charge is 2.29. The van der Waals surface area contributed by atoms with Crippen molar-refractivity contribution < 1.29 is 17.9 Å². The maximum Gasteiger partial charge on any atom is 0.175 e. The molecule has 1 aliphatic rings. The Balaban J connectivity index is 2.76. The molecule has 1 N–H and O–H groups in total. The predicted octanol–water partition coefficient (Wildman–Crippen LogP) is 1.21. The first-order chi connectivity index (χ1) is 6.91. The molecule has 1 aromatic carbocycles. The molecule has 1 atom stereocenters. The maximum absolute atomic E-state index is 13.3. The Morgan fingerprint density at radius 1 is 1.47 bits per heavy atom. The van der Waals surface area contributed by atoms with Gasteiger partial charge in [0.15, 0.2) is 9.84 Å². The zero-order chi connectivity index (χ0) is 11.2. The lowest BCUT2D eigenvalue weighted by Gasteiger charge is -2.10. The molecule has 0 aliphatic heterocycles. The Morgan fingerprint density at radius 2 is 2.13 bits per heavy atom. The molecule has 1 aromatic rings. The van der Waals surface area contributed by atoms with Gasteiger partial charge >= 0.3 is 0 Å². The highest BCUT2D eigenvalue weighted by Crippen LogP contribution is 2.37. The molecule has 0 saturated heterocycles. The lowest BCUT2D eigenvalue weighted by molar-refractivity contribution is 0.177. The van der Waals surface area contributed by atoms with Crippen LogP contribution in [0.25, 0.3) is 0 Å². The number of sulfone groups is 1. The molecular weight excluding hydrogens is 219 g/mol. The number of rotatable bonds is 1. The Hall–Kier alpha value is -0.940. The van der Waals surface area contributed by atoms with Crippen LogP contribution in [0.3, 0.4) is 0 Å². The molecule has 0 amide bonds. The van der Waals surface area contributed by atoms with Gasteiger partial charge in [0.25, 0.3) is 0 Å². The molecule has 5 heteroatoms. The summed E-state index contributed by atoms with van der Waals surface area (Å²) in [6.45, 7) is 0. The minimum Gasteiger partial charge on any atom is -0.388 e. The van der Waals surface area contributed by atoms with Gasteiger partial charge in [-0.05, 0) is 30.5 Å². The number of aliphatic hydroxyl groups excluding tert-OH is 1. The SMILES string of the molecule is CS(=O)(=O)c1ccc(F)c2c1C(O)CC2. The van der Waals surface area contributed by atoms with Crippen molar-refractivity contribution in [2.45, 2.75) is 23.8 Å². The van der Waals surface area contributed by atoms with Gasteiger partial charge in [-0.15, -0.1) is 0 Å². The van der Waals surface area contributed by atoms with Crippen LogP contribution in [0.15, 0.2) is 17.0 Å². The van der Waals surface area contributed by atoms with Crippen LogP contribution in [-0.4, -0.2) is 19.8 Å². The Labute approximate surface area is 87.5 Å². The molecule has 2 rings (SSSR count). The fraction of sp³-hybridized carbons (Fsp3) is 0.400. The molecule has 15 heavy (non-hydrogen) atoms. The predicted molar refractivity (Wildman–Crippen MR) is 52.8 cm³/mol. The number of halogens is 1. The molecule has 0 aromatic heterocycles. The largest absolute Gasteiger partial charge is 0.388 e. The standard InChI is InChI=1S/C10H11FO3S/c1-15(13,14)9-5-3-7(11)6-2-4-8(12)10(6)9/h3,5,8,12H,2,4H2,1H3. The van der Waals surface area contributed by atoms with Gasteiger partial charge in [0.2, 0.25) is 0 Å². The number of aliphatic hydroxyl groups is 1. The summed E-state index contributed by atoms with van der Waals surface area (Å²) < 4.78 is 36.2. The first-order valence-electron chi connectivity index (χ1n) is 4.60. The van der Waals surface area contributed by atoms with Gasteiger partial charge in [0.1, 0.15) is 5.82 Å². The number of hydrogen-bond acceptors (Lipinski definition) is 3. The van der Waals surface area contributed by atoms with E-state index in [-0.39, 0.29) is 10.5 Å². The smallest absolute Gasteiger partial charge is 0.175 e. The van der Waals surface area contributed by atoms with Crippen molar-refractivity contribution in [1.82, 2.24) is 0 Å². The van der Waals surface area contributed by atoms with E-state index in [0.29, 0.717) is 18.4 Å². The third-order valence-electron chi connectivity index (χ3n) is 2.66. The van der Waals surface area contributed by atoms with Crippen molar-refractivity contribution in [3.05, 3.63) is 29.1 Å². The first kappa shape index (κ1) is 10.6. The summed E-state index contributed by atoms with van der Waals surface area (Å²) in [5.74, 6) is -0.436.